The molecular formula is C11H9Br2NO. The van der Waals surface area contributed by atoms with Gasteiger partial charge in [-0.3, -0.25) is 0 Å². The second kappa shape index (κ2) is 4.94. The van der Waals surface area contributed by atoms with Crippen LogP contribution in [0.15, 0.2) is 39.3 Å². The summed E-state index contributed by atoms with van der Waals surface area (Å²) in [5, 5.41) is 4.91. The highest BCUT2D eigenvalue weighted by Crippen LogP contribution is 2.21. The van der Waals surface area contributed by atoms with Crippen molar-refractivity contribution in [3.8, 4) is 11.3 Å². The smallest absolute Gasteiger partial charge is 0.138 e. The zero-order valence-corrected chi connectivity index (χ0v) is 11.1. The molecule has 1 aromatic carbocycles. The summed E-state index contributed by atoms with van der Waals surface area (Å²) in [6.07, 6.45) is 0.865. The van der Waals surface area contributed by atoms with Gasteiger partial charge < -0.3 is 4.52 Å². The third kappa shape index (κ3) is 2.69. The van der Waals surface area contributed by atoms with Gasteiger partial charge in [-0.15, -0.1) is 0 Å². The largest absolute Gasteiger partial charge is 0.361 e. The molecule has 0 unspecified atom stereocenters. The van der Waals surface area contributed by atoms with Gasteiger partial charge in [-0.1, -0.05) is 49.1 Å². The highest BCUT2D eigenvalue weighted by molar-refractivity contribution is 9.10. The van der Waals surface area contributed by atoms with E-state index in [9.17, 15) is 0 Å². The van der Waals surface area contributed by atoms with Crippen molar-refractivity contribution in [2.75, 3.05) is 5.33 Å². The van der Waals surface area contributed by atoms with Gasteiger partial charge in [0, 0.05) is 27.9 Å². The molecule has 2 nitrogen and oxygen atoms in total. The van der Waals surface area contributed by atoms with E-state index in [1.165, 1.54) is 0 Å². The van der Waals surface area contributed by atoms with Crippen LogP contribution in [0, 0.1) is 0 Å². The molecule has 0 aliphatic heterocycles. The van der Waals surface area contributed by atoms with E-state index in [0.717, 1.165) is 33.2 Å². The Hall–Kier alpha value is -0.610. The number of aromatic nitrogens is 1. The second-order valence-corrected chi connectivity index (χ2v) is 4.83. The third-order valence-electron chi connectivity index (χ3n) is 2.04. The van der Waals surface area contributed by atoms with Crippen LogP contribution in [0.3, 0.4) is 0 Å². The van der Waals surface area contributed by atoms with E-state index in [1.807, 2.05) is 30.3 Å². The summed E-state index contributed by atoms with van der Waals surface area (Å²) >= 11 is 6.77. The highest BCUT2D eigenvalue weighted by atomic mass is 79.9. The van der Waals surface area contributed by atoms with Gasteiger partial charge in [0.05, 0.1) is 0 Å². The van der Waals surface area contributed by atoms with Crippen molar-refractivity contribution in [3.05, 3.63) is 40.6 Å². The Kier molecular flexibility index (Phi) is 3.59. The lowest BCUT2D eigenvalue weighted by molar-refractivity contribution is 0.390. The minimum Gasteiger partial charge on any atom is -0.361 e. The summed E-state index contributed by atoms with van der Waals surface area (Å²) in [6, 6.07) is 9.99. The SMILES string of the molecule is BrCCc1cc(-c2ccc(Br)cc2)no1. The van der Waals surface area contributed by atoms with Crippen molar-refractivity contribution in [1.29, 1.82) is 0 Å². The van der Waals surface area contributed by atoms with Crippen LogP contribution in [-0.4, -0.2) is 10.5 Å². The molecule has 0 fully saturated rings. The molecule has 0 bridgehead atoms. The minimum absolute atomic E-state index is 0.865. The highest BCUT2D eigenvalue weighted by Gasteiger charge is 2.05. The van der Waals surface area contributed by atoms with Gasteiger partial charge in [0.25, 0.3) is 0 Å². The summed E-state index contributed by atoms with van der Waals surface area (Å²) < 4.78 is 6.26. The fraction of sp³-hybridized carbons (Fsp3) is 0.182. The Morgan fingerprint density at radius 2 is 1.93 bits per heavy atom. The maximum Gasteiger partial charge on any atom is 0.138 e. The molecule has 0 N–H and O–H groups in total. The van der Waals surface area contributed by atoms with Gasteiger partial charge in [0.15, 0.2) is 0 Å². The van der Waals surface area contributed by atoms with Crippen LogP contribution >= 0.6 is 31.9 Å². The van der Waals surface area contributed by atoms with Gasteiger partial charge in [-0.25, -0.2) is 0 Å². The van der Waals surface area contributed by atoms with E-state index < -0.39 is 0 Å². The van der Waals surface area contributed by atoms with Crippen LogP contribution in [0.25, 0.3) is 11.3 Å². The third-order valence-corrected chi connectivity index (χ3v) is 2.96. The predicted octanol–water partition coefficient (Wildman–Crippen LogP) is 4.04. The standard InChI is InChI=1S/C11H9Br2NO/c12-6-5-10-7-11(14-15-10)8-1-3-9(13)4-2-8/h1-4,7H,5-6H2. The topological polar surface area (TPSA) is 26.0 Å². The monoisotopic (exact) mass is 329 g/mol. The van der Waals surface area contributed by atoms with Crippen molar-refractivity contribution in [1.82, 2.24) is 5.16 Å². The van der Waals surface area contributed by atoms with Gasteiger partial charge in [-0.05, 0) is 12.1 Å². The van der Waals surface area contributed by atoms with Crippen molar-refractivity contribution < 1.29 is 4.52 Å². The van der Waals surface area contributed by atoms with Crippen molar-refractivity contribution >= 4 is 31.9 Å². The molecule has 0 atom stereocenters. The van der Waals surface area contributed by atoms with Crippen LogP contribution in [-0.2, 0) is 6.42 Å². The fourth-order valence-electron chi connectivity index (χ4n) is 1.28. The van der Waals surface area contributed by atoms with Crippen molar-refractivity contribution in [2.45, 2.75) is 6.42 Å². The van der Waals surface area contributed by atoms with E-state index in [-0.39, 0.29) is 0 Å². The summed E-state index contributed by atoms with van der Waals surface area (Å²) in [4.78, 5) is 0. The molecule has 15 heavy (non-hydrogen) atoms. The lowest BCUT2D eigenvalue weighted by Crippen LogP contribution is -1.79. The van der Waals surface area contributed by atoms with E-state index in [2.05, 4.69) is 37.0 Å². The van der Waals surface area contributed by atoms with Crippen molar-refractivity contribution in [3.63, 3.8) is 0 Å². The average molecular weight is 331 g/mol. The fourth-order valence-corrected chi connectivity index (χ4v) is 1.94. The summed E-state index contributed by atoms with van der Waals surface area (Å²) in [7, 11) is 0. The summed E-state index contributed by atoms with van der Waals surface area (Å²) in [6.45, 7) is 0. The molecule has 0 saturated carbocycles. The average Bonchev–Trinajstić information content (AvgIpc) is 2.68. The van der Waals surface area contributed by atoms with Crippen LogP contribution in [0.1, 0.15) is 5.76 Å². The first-order valence-electron chi connectivity index (χ1n) is 4.57. The molecule has 1 aromatic heterocycles. The van der Waals surface area contributed by atoms with E-state index in [4.69, 9.17) is 4.52 Å². The van der Waals surface area contributed by atoms with Gasteiger partial charge in [-0.2, -0.15) is 0 Å². The molecule has 78 valence electrons. The predicted molar refractivity (Wildman–Crippen MR) is 67.1 cm³/mol. The van der Waals surface area contributed by atoms with Crippen LogP contribution in [0.5, 0.6) is 0 Å². The number of halogens is 2. The van der Waals surface area contributed by atoms with Crippen molar-refractivity contribution in [2.24, 2.45) is 0 Å². The molecule has 1 heterocycles. The van der Waals surface area contributed by atoms with Gasteiger partial charge in [0.2, 0.25) is 0 Å². The first-order chi connectivity index (χ1) is 7.29. The van der Waals surface area contributed by atoms with E-state index in [1.54, 1.807) is 0 Å². The molecule has 0 aliphatic rings. The van der Waals surface area contributed by atoms with Crippen LogP contribution in [0.2, 0.25) is 0 Å². The Bertz CT molecular complexity index is 436. The minimum atomic E-state index is 0.865. The summed E-state index contributed by atoms with van der Waals surface area (Å²) in [5.74, 6) is 0.907. The molecule has 0 radical (unpaired) electrons. The number of nitrogens with zero attached hydrogens (tertiary/aromatic N) is 1. The molecule has 2 rings (SSSR count). The first kappa shape index (κ1) is 10.9. The number of hydrogen-bond donors (Lipinski definition) is 0. The Balaban J connectivity index is 2.25. The molecule has 4 heteroatoms. The molecule has 0 saturated heterocycles. The molecule has 2 aromatic rings. The van der Waals surface area contributed by atoms with Gasteiger partial charge >= 0.3 is 0 Å². The second-order valence-electron chi connectivity index (χ2n) is 3.12. The number of hydrogen-bond acceptors (Lipinski definition) is 2. The lowest BCUT2D eigenvalue weighted by atomic mass is 10.1. The molecular weight excluding hydrogens is 322 g/mol. The number of benzene rings is 1. The Morgan fingerprint density at radius 3 is 2.60 bits per heavy atom. The Morgan fingerprint density at radius 1 is 1.20 bits per heavy atom. The van der Waals surface area contributed by atoms with Crippen LogP contribution in [0.4, 0.5) is 0 Å². The number of alkyl halides is 1. The van der Waals surface area contributed by atoms with Crippen LogP contribution < -0.4 is 0 Å². The normalized spacial score (nSPS) is 10.5. The number of aryl methyl sites for hydroxylation is 1. The molecule has 0 spiro atoms. The molecule has 0 aliphatic carbocycles. The zero-order valence-electron chi connectivity index (χ0n) is 7.91. The zero-order chi connectivity index (χ0) is 10.7. The molecule has 0 amide bonds. The van der Waals surface area contributed by atoms with E-state index in [0.29, 0.717) is 0 Å². The maximum atomic E-state index is 5.20. The first-order valence-corrected chi connectivity index (χ1v) is 6.48. The van der Waals surface area contributed by atoms with E-state index >= 15 is 0 Å². The maximum absolute atomic E-state index is 5.20. The quantitative estimate of drug-likeness (QED) is 0.794. The number of rotatable bonds is 3. The summed E-state index contributed by atoms with van der Waals surface area (Å²) in [5.41, 5.74) is 1.96. The Labute approximate surface area is 105 Å². The van der Waals surface area contributed by atoms with Gasteiger partial charge in [0.1, 0.15) is 11.5 Å². The lowest BCUT2D eigenvalue weighted by Gasteiger charge is -1.94.